The van der Waals surface area contributed by atoms with Crippen LogP contribution in [0.5, 0.6) is 0 Å². The molecule has 2 rings (SSSR count). The maximum atomic E-state index is 13.0. The Bertz CT molecular complexity index is 507. The topological polar surface area (TPSA) is 12.0 Å². The standard InChI is InChI=1S/C13H12BrClFNS/c1-2-17-12(8-3-5-9(16)6-4-8)11-7-10(14)13(15)18-11/h3-7,12,17H,2H2,1H3. The van der Waals surface area contributed by atoms with Gasteiger partial charge in [0.2, 0.25) is 0 Å². The lowest BCUT2D eigenvalue weighted by molar-refractivity contribution is 0.617. The molecule has 0 spiro atoms. The van der Waals surface area contributed by atoms with Gasteiger partial charge >= 0.3 is 0 Å². The first-order valence-electron chi connectivity index (χ1n) is 5.55. The predicted octanol–water partition coefficient (Wildman–Crippen LogP) is 5.00. The molecule has 1 unspecified atom stereocenters. The lowest BCUT2D eigenvalue weighted by atomic mass is 10.1. The minimum Gasteiger partial charge on any atom is -0.306 e. The highest BCUT2D eigenvalue weighted by molar-refractivity contribution is 9.10. The van der Waals surface area contributed by atoms with Crippen LogP contribution in [0, 0.1) is 5.82 Å². The molecule has 0 radical (unpaired) electrons. The van der Waals surface area contributed by atoms with Crippen molar-refractivity contribution in [1.29, 1.82) is 0 Å². The average molecular weight is 349 g/mol. The van der Waals surface area contributed by atoms with E-state index in [4.69, 9.17) is 11.6 Å². The summed E-state index contributed by atoms with van der Waals surface area (Å²) in [7, 11) is 0. The average Bonchev–Trinajstić information content (AvgIpc) is 2.68. The molecule has 1 atom stereocenters. The van der Waals surface area contributed by atoms with Gasteiger partial charge in [-0.25, -0.2) is 4.39 Å². The molecule has 96 valence electrons. The second kappa shape index (κ2) is 6.15. The van der Waals surface area contributed by atoms with E-state index in [0.717, 1.165) is 25.8 Å². The van der Waals surface area contributed by atoms with Crippen molar-refractivity contribution in [2.75, 3.05) is 6.54 Å². The maximum absolute atomic E-state index is 13.0. The van der Waals surface area contributed by atoms with E-state index >= 15 is 0 Å². The van der Waals surface area contributed by atoms with Crippen LogP contribution >= 0.6 is 38.9 Å². The van der Waals surface area contributed by atoms with Gasteiger partial charge in [0.05, 0.1) is 6.04 Å². The van der Waals surface area contributed by atoms with Gasteiger partial charge in [0, 0.05) is 9.35 Å². The first-order valence-corrected chi connectivity index (χ1v) is 7.54. The van der Waals surface area contributed by atoms with Gasteiger partial charge in [-0.1, -0.05) is 30.7 Å². The quantitative estimate of drug-likeness (QED) is 0.819. The van der Waals surface area contributed by atoms with E-state index in [0.29, 0.717) is 0 Å². The van der Waals surface area contributed by atoms with Gasteiger partial charge in [-0.3, -0.25) is 0 Å². The Labute approximate surface area is 123 Å². The molecule has 1 aromatic carbocycles. The van der Waals surface area contributed by atoms with Crippen molar-refractivity contribution in [3.63, 3.8) is 0 Å². The number of hydrogen-bond donors (Lipinski definition) is 1. The van der Waals surface area contributed by atoms with E-state index in [2.05, 4.69) is 21.2 Å². The van der Waals surface area contributed by atoms with E-state index in [9.17, 15) is 4.39 Å². The van der Waals surface area contributed by atoms with Crippen LogP contribution in [0.1, 0.15) is 23.4 Å². The van der Waals surface area contributed by atoms with Crippen LogP contribution in [-0.2, 0) is 0 Å². The molecule has 0 aliphatic rings. The van der Waals surface area contributed by atoms with Crippen LogP contribution in [0.25, 0.3) is 0 Å². The minimum atomic E-state index is -0.223. The number of rotatable bonds is 4. The smallest absolute Gasteiger partial charge is 0.123 e. The van der Waals surface area contributed by atoms with Gasteiger partial charge in [0.15, 0.2) is 0 Å². The van der Waals surface area contributed by atoms with E-state index in [1.54, 1.807) is 12.1 Å². The summed E-state index contributed by atoms with van der Waals surface area (Å²) < 4.78 is 14.6. The first kappa shape index (κ1) is 14.0. The third kappa shape index (κ3) is 3.12. The summed E-state index contributed by atoms with van der Waals surface area (Å²) in [6.07, 6.45) is 0. The van der Waals surface area contributed by atoms with Gasteiger partial charge in [0.25, 0.3) is 0 Å². The molecule has 1 aromatic heterocycles. The predicted molar refractivity (Wildman–Crippen MR) is 78.9 cm³/mol. The van der Waals surface area contributed by atoms with Crippen molar-refractivity contribution in [3.05, 3.63) is 55.4 Å². The van der Waals surface area contributed by atoms with Gasteiger partial charge in [-0.2, -0.15) is 0 Å². The summed E-state index contributed by atoms with van der Waals surface area (Å²) in [5.41, 5.74) is 1.03. The second-order valence-corrected chi connectivity index (χ2v) is 6.35. The van der Waals surface area contributed by atoms with Gasteiger partial charge < -0.3 is 5.32 Å². The molecule has 0 amide bonds. The lowest BCUT2D eigenvalue weighted by Gasteiger charge is -2.16. The van der Waals surface area contributed by atoms with Crippen LogP contribution < -0.4 is 5.32 Å². The zero-order chi connectivity index (χ0) is 13.1. The van der Waals surface area contributed by atoms with E-state index in [-0.39, 0.29) is 11.9 Å². The Morgan fingerprint density at radius 2 is 2.06 bits per heavy atom. The molecule has 1 heterocycles. The van der Waals surface area contributed by atoms with Crippen LogP contribution in [0.3, 0.4) is 0 Å². The molecule has 5 heteroatoms. The molecule has 18 heavy (non-hydrogen) atoms. The summed E-state index contributed by atoms with van der Waals surface area (Å²) in [4.78, 5) is 1.11. The number of benzene rings is 1. The second-order valence-electron chi connectivity index (χ2n) is 3.81. The van der Waals surface area contributed by atoms with Crippen molar-refractivity contribution in [2.45, 2.75) is 13.0 Å². The molecule has 2 aromatic rings. The van der Waals surface area contributed by atoms with Crippen LogP contribution in [0.2, 0.25) is 4.34 Å². The summed E-state index contributed by atoms with van der Waals surface area (Å²) in [5, 5.41) is 3.38. The van der Waals surface area contributed by atoms with E-state index in [1.807, 2.05) is 13.0 Å². The number of thiophene rings is 1. The number of nitrogens with one attached hydrogen (secondary N) is 1. The molecule has 0 saturated heterocycles. The van der Waals surface area contributed by atoms with Crippen molar-refractivity contribution in [3.8, 4) is 0 Å². The maximum Gasteiger partial charge on any atom is 0.123 e. The third-order valence-corrected chi connectivity index (χ3v) is 5.10. The summed E-state index contributed by atoms with van der Waals surface area (Å²) in [5.74, 6) is -0.223. The fraction of sp³-hybridized carbons (Fsp3) is 0.231. The van der Waals surface area contributed by atoms with Crippen molar-refractivity contribution in [2.24, 2.45) is 0 Å². The molecule has 0 aliphatic carbocycles. The third-order valence-electron chi connectivity index (χ3n) is 2.56. The minimum absolute atomic E-state index is 0.0457. The highest BCUT2D eigenvalue weighted by Crippen LogP contribution is 2.37. The molecular formula is C13H12BrClFNS. The highest BCUT2D eigenvalue weighted by atomic mass is 79.9. The van der Waals surface area contributed by atoms with Crippen molar-refractivity contribution >= 4 is 38.9 Å². The Balaban J connectivity index is 2.36. The van der Waals surface area contributed by atoms with Gasteiger partial charge in [0.1, 0.15) is 10.2 Å². The SMILES string of the molecule is CCNC(c1ccc(F)cc1)c1cc(Br)c(Cl)s1. The van der Waals surface area contributed by atoms with E-state index < -0.39 is 0 Å². The molecular weight excluding hydrogens is 337 g/mol. The fourth-order valence-electron chi connectivity index (χ4n) is 1.75. The summed E-state index contributed by atoms with van der Waals surface area (Å²) in [6.45, 7) is 2.87. The molecule has 0 fully saturated rings. The van der Waals surface area contributed by atoms with Gasteiger partial charge in [-0.05, 0) is 46.2 Å². The monoisotopic (exact) mass is 347 g/mol. The molecule has 0 bridgehead atoms. The zero-order valence-corrected chi connectivity index (χ0v) is 12.9. The normalized spacial score (nSPS) is 12.7. The Morgan fingerprint density at radius 3 is 2.56 bits per heavy atom. The zero-order valence-electron chi connectivity index (χ0n) is 9.71. The largest absolute Gasteiger partial charge is 0.306 e. The van der Waals surface area contributed by atoms with Crippen LogP contribution in [-0.4, -0.2) is 6.54 Å². The molecule has 1 N–H and O–H groups in total. The summed E-state index contributed by atoms with van der Waals surface area (Å²) in [6, 6.07) is 8.59. The molecule has 0 aliphatic heterocycles. The van der Waals surface area contributed by atoms with Crippen molar-refractivity contribution in [1.82, 2.24) is 5.32 Å². The van der Waals surface area contributed by atoms with E-state index in [1.165, 1.54) is 23.5 Å². The highest BCUT2D eigenvalue weighted by Gasteiger charge is 2.17. The van der Waals surface area contributed by atoms with Crippen LogP contribution in [0.15, 0.2) is 34.8 Å². The molecule has 0 saturated carbocycles. The Kier molecular flexibility index (Phi) is 4.78. The molecule has 1 nitrogen and oxygen atoms in total. The Hall–Kier alpha value is -0.420. The Morgan fingerprint density at radius 1 is 1.39 bits per heavy atom. The lowest BCUT2D eigenvalue weighted by Crippen LogP contribution is -2.21. The number of halogens is 3. The van der Waals surface area contributed by atoms with Gasteiger partial charge in [-0.15, -0.1) is 11.3 Å². The fourth-order valence-corrected chi connectivity index (χ4v) is 3.59. The van der Waals surface area contributed by atoms with Crippen LogP contribution in [0.4, 0.5) is 4.39 Å². The first-order chi connectivity index (χ1) is 8.61. The summed E-state index contributed by atoms with van der Waals surface area (Å²) >= 11 is 11.0. The number of hydrogen-bond acceptors (Lipinski definition) is 2. The van der Waals surface area contributed by atoms with Crippen molar-refractivity contribution < 1.29 is 4.39 Å².